The highest BCUT2D eigenvalue weighted by Crippen LogP contribution is 2.27. The zero-order valence-electron chi connectivity index (χ0n) is 15.0. The highest BCUT2D eigenvalue weighted by molar-refractivity contribution is 5.94. The summed E-state index contributed by atoms with van der Waals surface area (Å²) in [5, 5.41) is 25.8. The maximum absolute atomic E-state index is 12.9. The van der Waals surface area contributed by atoms with Gasteiger partial charge in [0.2, 0.25) is 5.91 Å². The van der Waals surface area contributed by atoms with Gasteiger partial charge < -0.3 is 20.9 Å². The summed E-state index contributed by atoms with van der Waals surface area (Å²) in [6, 6.07) is 3.84. The monoisotopic (exact) mass is 375 g/mol. The van der Waals surface area contributed by atoms with Crippen molar-refractivity contribution in [3.05, 3.63) is 18.5 Å². The summed E-state index contributed by atoms with van der Waals surface area (Å²) in [7, 11) is 0. The van der Waals surface area contributed by atoms with E-state index in [0.717, 1.165) is 0 Å². The molecule has 0 radical (unpaired) electrons. The molecular formula is C17H25N7O3. The van der Waals surface area contributed by atoms with Gasteiger partial charge >= 0.3 is 0 Å². The number of nitrogens with zero attached hydrogens (tertiary/aromatic N) is 3. The van der Waals surface area contributed by atoms with Crippen LogP contribution in [0.3, 0.4) is 0 Å². The highest BCUT2D eigenvalue weighted by atomic mass is 16.5. The Bertz CT molecular complexity index is 695. The minimum atomic E-state index is -0.543. The largest absolute Gasteiger partial charge is 0.491 e. The number of ether oxygens (including phenoxy) is 1. The number of rotatable bonds is 7. The van der Waals surface area contributed by atoms with E-state index in [1.54, 1.807) is 12.3 Å². The maximum Gasteiger partial charge on any atom is 0.233 e. The molecule has 1 aromatic rings. The third-order valence-corrected chi connectivity index (χ3v) is 4.73. The molecule has 4 unspecified atom stereocenters. The van der Waals surface area contributed by atoms with E-state index in [-0.39, 0.29) is 24.6 Å². The minimum Gasteiger partial charge on any atom is -0.491 e. The molecule has 10 heteroatoms. The van der Waals surface area contributed by atoms with E-state index in [9.17, 15) is 4.79 Å². The molecule has 3 rings (SSSR count). The molecule has 2 fully saturated rings. The number of nitriles is 1. The fourth-order valence-electron chi connectivity index (χ4n) is 3.41. The van der Waals surface area contributed by atoms with E-state index >= 15 is 0 Å². The summed E-state index contributed by atoms with van der Waals surface area (Å²) in [6.45, 7) is 1.69. The summed E-state index contributed by atoms with van der Waals surface area (Å²) in [5.74, 6) is -0.0706. The standard InChI is InChI=1S/C17H25N7O3/c18-4-2-11-8-21-16-14(15(19)23-24(16)10-11)17(26)22-12-9-20-5-3-13(12)27-7-1-6-25/h3,5,9,11,14-16,21,23,25H,1-2,6-8,10,19H2,(H,22,26). The van der Waals surface area contributed by atoms with Gasteiger partial charge in [0.15, 0.2) is 0 Å². The lowest BCUT2D eigenvalue weighted by molar-refractivity contribution is -0.121. The highest BCUT2D eigenvalue weighted by Gasteiger charge is 2.46. The number of pyridine rings is 1. The number of aliphatic hydroxyl groups is 1. The van der Waals surface area contributed by atoms with E-state index in [1.165, 1.54) is 6.20 Å². The van der Waals surface area contributed by atoms with E-state index in [2.05, 4.69) is 27.1 Å². The molecule has 146 valence electrons. The average molecular weight is 375 g/mol. The number of carbonyl (C=O) groups excluding carboxylic acids is 1. The average Bonchev–Trinajstić information content (AvgIpc) is 2.98. The van der Waals surface area contributed by atoms with E-state index in [0.29, 0.717) is 44.0 Å². The summed E-state index contributed by atoms with van der Waals surface area (Å²) in [6.07, 6.45) is 3.26. The van der Waals surface area contributed by atoms with Crippen molar-refractivity contribution in [2.24, 2.45) is 17.6 Å². The van der Waals surface area contributed by atoms with Crippen LogP contribution in [0, 0.1) is 23.2 Å². The first-order valence-electron chi connectivity index (χ1n) is 9.01. The van der Waals surface area contributed by atoms with Crippen LogP contribution < -0.4 is 26.5 Å². The van der Waals surface area contributed by atoms with Crippen molar-refractivity contribution in [1.82, 2.24) is 20.7 Å². The molecule has 0 saturated carbocycles. The number of aliphatic hydroxyl groups excluding tert-OH is 1. The second kappa shape index (κ2) is 9.07. The first kappa shape index (κ1) is 19.5. The van der Waals surface area contributed by atoms with Crippen LogP contribution in [0.1, 0.15) is 12.8 Å². The van der Waals surface area contributed by atoms with Crippen LogP contribution in [0.4, 0.5) is 5.69 Å². The van der Waals surface area contributed by atoms with Crippen LogP contribution in [0.5, 0.6) is 5.75 Å². The Morgan fingerprint density at radius 1 is 1.59 bits per heavy atom. The van der Waals surface area contributed by atoms with Crippen molar-refractivity contribution in [1.29, 1.82) is 5.26 Å². The normalized spacial score (nSPS) is 27.6. The van der Waals surface area contributed by atoms with Gasteiger partial charge in [-0.25, -0.2) is 10.4 Å². The van der Waals surface area contributed by atoms with E-state index in [1.807, 2.05) is 5.01 Å². The summed E-state index contributed by atoms with van der Waals surface area (Å²) in [5.41, 5.74) is 9.74. The maximum atomic E-state index is 12.9. The van der Waals surface area contributed by atoms with Crippen molar-refractivity contribution in [3.8, 4) is 11.8 Å². The summed E-state index contributed by atoms with van der Waals surface area (Å²) >= 11 is 0. The Balaban J connectivity index is 1.66. The zero-order valence-corrected chi connectivity index (χ0v) is 15.0. The Kier molecular flexibility index (Phi) is 6.54. The second-order valence-electron chi connectivity index (χ2n) is 6.70. The molecule has 6 N–H and O–H groups in total. The number of nitrogens with two attached hydrogens (primary N) is 1. The van der Waals surface area contributed by atoms with Crippen LogP contribution in [0.2, 0.25) is 0 Å². The van der Waals surface area contributed by atoms with Crippen LogP contribution in [0.15, 0.2) is 18.5 Å². The lowest BCUT2D eigenvalue weighted by atomic mass is 9.98. The molecule has 0 aromatic carbocycles. The third kappa shape index (κ3) is 4.52. The molecule has 0 aliphatic carbocycles. The molecule has 4 atom stereocenters. The minimum absolute atomic E-state index is 0.0331. The Morgan fingerprint density at radius 3 is 3.22 bits per heavy atom. The Morgan fingerprint density at radius 2 is 2.44 bits per heavy atom. The predicted molar refractivity (Wildman–Crippen MR) is 96.9 cm³/mol. The van der Waals surface area contributed by atoms with Crippen LogP contribution in [-0.2, 0) is 4.79 Å². The van der Waals surface area contributed by atoms with Gasteiger partial charge in [0.1, 0.15) is 11.4 Å². The van der Waals surface area contributed by atoms with Gasteiger partial charge in [0.05, 0.1) is 37.1 Å². The van der Waals surface area contributed by atoms with Gasteiger partial charge in [-0.05, 0) is 5.92 Å². The molecular weight excluding hydrogens is 350 g/mol. The van der Waals surface area contributed by atoms with Crippen LogP contribution >= 0.6 is 0 Å². The van der Waals surface area contributed by atoms with Gasteiger partial charge in [-0.15, -0.1) is 0 Å². The molecule has 1 aromatic heterocycles. The Labute approximate surface area is 157 Å². The summed E-state index contributed by atoms with van der Waals surface area (Å²) < 4.78 is 5.60. The van der Waals surface area contributed by atoms with Crippen LogP contribution in [-0.4, -0.2) is 59.6 Å². The van der Waals surface area contributed by atoms with Gasteiger partial charge in [0, 0.05) is 44.8 Å². The smallest absolute Gasteiger partial charge is 0.233 e. The summed E-state index contributed by atoms with van der Waals surface area (Å²) in [4.78, 5) is 16.9. The number of aromatic nitrogens is 1. The fraction of sp³-hybridized carbons (Fsp3) is 0.588. The molecule has 27 heavy (non-hydrogen) atoms. The first-order chi connectivity index (χ1) is 13.1. The zero-order chi connectivity index (χ0) is 19.2. The van der Waals surface area contributed by atoms with Crippen molar-refractivity contribution in [3.63, 3.8) is 0 Å². The topological polar surface area (TPSA) is 149 Å². The molecule has 2 aliphatic heterocycles. The van der Waals surface area contributed by atoms with Crippen molar-refractivity contribution in [2.75, 3.05) is 31.6 Å². The number of hydrogen-bond acceptors (Lipinski definition) is 9. The number of amides is 1. The van der Waals surface area contributed by atoms with Crippen molar-refractivity contribution < 1.29 is 14.6 Å². The number of carbonyl (C=O) groups is 1. The number of nitrogens with one attached hydrogen (secondary N) is 3. The molecule has 1 amide bonds. The fourth-order valence-corrected chi connectivity index (χ4v) is 3.41. The van der Waals surface area contributed by atoms with Gasteiger partial charge in [-0.3, -0.25) is 15.1 Å². The lowest BCUT2D eigenvalue weighted by Gasteiger charge is -2.35. The molecule has 3 heterocycles. The SMILES string of the molecule is N#CCC1CNC2C(C(=O)Nc3cnccc3OCCCO)C(N)NN2C1. The molecule has 2 saturated heterocycles. The van der Waals surface area contributed by atoms with Crippen LogP contribution in [0.25, 0.3) is 0 Å². The Hall–Kier alpha value is -2.29. The van der Waals surface area contributed by atoms with Crippen molar-refractivity contribution >= 4 is 11.6 Å². The predicted octanol–water partition coefficient (Wildman–Crippen LogP) is -1.04. The number of anilines is 1. The molecule has 10 nitrogen and oxygen atoms in total. The van der Waals surface area contributed by atoms with Gasteiger partial charge in [0.25, 0.3) is 0 Å². The molecule has 2 aliphatic rings. The molecule has 0 bridgehead atoms. The molecule has 0 spiro atoms. The van der Waals surface area contributed by atoms with Crippen molar-refractivity contribution in [2.45, 2.75) is 25.2 Å². The van der Waals surface area contributed by atoms with Gasteiger partial charge in [-0.1, -0.05) is 0 Å². The van der Waals surface area contributed by atoms with Gasteiger partial charge in [-0.2, -0.15) is 5.26 Å². The van der Waals surface area contributed by atoms with E-state index < -0.39 is 12.1 Å². The number of hydrogen-bond donors (Lipinski definition) is 5. The third-order valence-electron chi connectivity index (χ3n) is 4.73. The quantitative estimate of drug-likeness (QED) is 0.377. The van der Waals surface area contributed by atoms with E-state index in [4.69, 9.17) is 20.8 Å². The second-order valence-corrected chi connectivity index (χ2v) is 6.70. The first-order valence-corrected chi connectivity index (χ1v) is 9.01. The number of hydrazine groups is 1. The lowest BCUT2D eigenvalue weighted by Crippen LogP contribution is -2.57. The number of fused-ring (bicyclic) bond motifs is 1.